The fourth-order valence-corrected chi connectivity index (χ4v) is 5.27. The minimum Gasteiger partial charge on any atom is -0.267 e. The molecule has 2 amide bonds. The van der Waals surface area contributed by atoms with Crippen LogP contribution in [0.4, 0.5) is 0 Å². The van der Waals surface area contributed by atoms with E-state index in [2.05, 4.69) is 22.5 Å². The molecule has 1 atom stereocenters. The Balaban J connectivity index is 1.60. The zero-order chi connectivity index (χ0) is 20.3. The van der Waals surface area contributed by atoms with Crippen LogP contribution < -0.4 is 15.6 Å². The molecule has 9 heteroatoms. The maximum atomic E-state index is 12.3. The monoisotopic (exact) mass is 421 g/mol. The number of rotatable bonds is 5. The highest BCUT2D eigenvalue weighted by atomic mass is 32.2. The maximum absolute atomic E-state index is 12.3. The molecule has 3 N–H and O–H groups in total. The van der Waals surface area contributed by atoms with Crippen LogP contribution in [0.2, 0.25) is 0 Å². The largest absolute Gasteiger partial charge is 0.279 e. The lowest BCUT2D eigenvalue weighted by Crippen LogP contribution is -2.41. The number of fused-ring (bicyclic) bond motifs is 1. The molecule has 7 nitrogen and oxygen atoms in total. The lowest BCUT2D eigenvalue weighted by Gasteiger charge is -2.16. The van der Waals surface area contributed by atoms with Crippen molar-refractivity contribution in [3.05, 3.63) is 51.2 Å². The molecule has 1 aromatic heterocycles. The first kappa shape index (κ1) is 20.5. The van der Waals surface area contributed by atoms with E-state index in [4.69, 9.17) is 0 Å². The summed E-state index contributed by atoms with van der Waals surface area (Å²) in [4.78, 5) is 26.4. The van der Waals surface area contributed by atoms with E-state index >= 15 is 0 Å². The van der Waals surface area contributed by atoms with E-state index in [1.54, 1.807) is 6.92 Å². The molecule has 3 rings (SSSR count). The number of carbonyl (C=O) groups excluding carboxylic acids is 2. The predicted octanol–water partition coefficient (Wildman–Crippen LogP) is 2.25. The first-order chi connectivity index (χ1) is 13.3. The standard InChI is InChI=1S/C19H23N3O4S2/c1-3-20-28(25,26)15-7-5-13(6-8-15)18(23)21-22-19(24)17-11-14-10-12(2)4-9-16(14)27-17/h5-8,11-12,20H,3-4,9-10H2,1-2H3,(H,21,23)(H,22,24)/t12-/m1/s1. The van der Waals surface area contributed by atoms with E-state index < -0.39 is 15.9 Å². The summed E-state index contributed by atoms with van der Waals surface area (Å²) in [5.74, 6) is -0.250. The Bertz CT molecular complexity index is 981. The highest BCUT2D eigenvalue weighted by Crippen LogP contribution is 2.32. The summed E-state index contributed by atoms with van der Waals surface area (Å²) in [5.41, 5.74) is 6.26. The topological polar surface area (TPSA) is 104 Å². The molecule has 2 aromatic rings. The van der Waals surface area contributed by atoms with E-state index in [0.717, 1.165) is 19.3 Å². The van der Waals surface area contributed by atoms with Gasteiger partial charge in [0.05, 0.1) is 9.77 Å². The number of carbonyl (C=O) groups is 2. The van der Waals surface area contributed by atoms with Crippen molar-refractivity contribution in [1.29, 1.82) is 0 Å². The van der Waals surface area contributed by atoms with Crippen molar-refractivity contribution >= 4 is 33.2 Å². The quantitative estimate of drug-likeness (QED) is 0.644. The van der Waals surface area contributed by atoms with Crippen LogP contribution in [0.15, 0.2) is 35.2 Å². The number of hydrogen-bond acceptors (Lipinski definition) is 5. The molecule has 1 aliphatic rings. The number of hydrogen-bond donors (Lipinski definition) is 3. The van der Waals surface area contributed by atoms with Gasteiger partial charge in [-0.1, -0.05) is 13.8 Å². The second-order valence-corrected chi connectivity index (χ2v) is 9.74. The third kappa shape index (κ3) is 4.60. The van der Waals surface area contributed by atoms with Gasteiger partial charge in [-0.15, -0.1) is 11.3 Å². The average molecular weight is 422 g/mol. The van der Waals surface area contributed by atoms with Gasteiger partial charge in [-0.3, -0.25) is 20.4 Å². The Hall–Kier alpha value is -2.23. The Labute approximate surface area is 168 Å². The lowest BCUT2D eigenvalue weighted by atomic mass is 9.90. The fraction of sp³-hybridized carbons (Fsp3) is 0.368. The molecular weight excluding hydrogens is 398 g/mol. The summed E-state index contributed by atoms with van der Waals surface area (Å²) in [7, 11) is -3.57. The molecule has 0 fully saturated rings. The third-order valence-electron chi connectivity index (χ3n) is 4.60. The molecule has 1 heterocycles. The normalized spacial score (nSPS) is 16.3. The van der Waals surface area contributed by atoms with Crippen molar-refractivity contribution in [3.63, 3.8) is 0 Å². The van der Waals surface area contributed by atoms with Gasteiger partial charge < -0.3 is 0 Å². The van der Waals surface area contributed by atoms with Gasteiger partial charge in [-0.05, 0) is 61.1 Å². The van der Waals surface area contributed by atoms with Crippen LogP contribution in [0.5, 0.6) is 0 Å². The molecular formula is C19H23N3O4S2. The summed E-state index contributed by atoms with van der Waals surface area (Å²) in [6.45, 7) is 4.17. The van der Waals surface area contributed by atoms with Crippen molar-refractivity contribution in [2.24, 2.45) is 5.92 Å². The lowest BCUT2D eigenvalue weighted by molar-refractivity contribution is 0.0849. The van der Waals surface area contributed by atoms with Gasteiger partial charge >= 0.3 is 0 Å². The van der Waals surface area contributed by atoms with E-state index in [1.807, 2.05) is 6.07 Å². The molecule has 1 aromatic carbocycles. The summed E-state index contributed by atoms with van der Waals surface area (Å²) in [6.07, 6.45) is 3.10. The Morgan fingerprint density at radius 1 is 1.14 bits per heavy atom. The molecule has 0 spiro atoms. The van der Waals surface area contributed by atoms with Gasteiger partial charge in [0.15, 0.2) is 0 Å². The third-order valence-corrected chi connectivity index (χ3v) is 7.40. The SMILES string of the molecule is CCNS(=O)(=O)c1ccc(C(=O)NNC(=O)c2cc3c(s2)CC[C@@H](C)C3)cc1. The molecule has 150 valence electrons. The average Bonchev–Trinajstić information content (AvgIpc) is 3.09. The van der Waals surface area contributed by atoms with Crippen LogP contribution in [-0.4, -0.2) is 26.8 Å². The van der Waals surface area contributed by atoms with Crippen LogP contribution >= 0.6 is 11.3 Å². The predicted molar refractivity (Wildman–Crippen MR) is 108 cm³/mol. The Morgan fingerprint density at radius 3 is 2.50 bits per heavy atom. The Morgan fingerprint density at radius 2 is 1.82 bits per heavy atom. The Kier molecular flexibility index (Phi) is 6.17. The van der Waals surface area contributed by atoms with Crippen molar-refractivity contribution in [1.82, 2.24) is 15.6 Å². The van der Waals surface area contributed by atoms with Gasteiger partial charge in [0.25, 0.3) is 11.8 Å². The second kappa shape index (κ2) is 8.42. The molecule has 0 aliphatic heterocycles. The van der Waals surface area contributed by atoms with E-state index in [1.165, 1.54) is 46.0 Å². The van der Waals surface area contributed by atoms with Crippen molar-refractivity contribution < 1.29 is 18.0 Å². The molecule has 1 aliphatic carbocycles. The highest BCUT2D eigenvalue weighted by molar-refractivity contribution is 7.89. The number of hydrazine groups is 1. The molecule has 0 bridgehead atoms. The van der Waals surface area contributed by atoms with E-state index in [0.29, 0.717) is 10.8 Å². The van der Waals surface area contributed by atoms with E-state index in [-0.39, 0.29) is 22.9 Å². The minimum atomic E-state index is -3.57. The molecule has 0 saturated heterocycles. The molecule has 0 saturated carbocycles. The van der Waals surface area contributed by atoms with Gasteiger partial charge in [0, 0.05) is 17.0 Å². The van der Waals surface area contributed by atoms with Crippen LogP contribution in [0.25, 0.3) is 0 Å². The maximum Gasteiger partial charge on any atom is 0.279 e. The van der Waals surface area contributed by atoms with Crippen molar-refractivity contribution in [2.75, 3.05) is 6.54 Å². The highest BCUT2D eigenvalue weighted by Gasteiger charge is 2.21. The van der Waals surface area contributed by atoms with Gasteiger partial charge in [-0.25, -0.2) is 13.1 Å². The first-order valence-electron chi connectivity index (χ1n) is 9.12. The molecule has 28 heavy (non-hydrogen) atoms. The summed E-state index contributed by atoms with van der Waals surface area (Å²) >= 11 is 1.47. The molecule has 0 radical (unpaired) electrons. The zero-order valence-corrected chi connectivity index (χ0v) is 17.4. The summed E-state index contributed by atoms with van der Waals surface area (Å²) in [5, 5.41) is 0. The van der Waals surface area contributed by atoms with Gasteiger partial charge in [0.1, 0.15) is 0 Å². The van der Waals surface area contributed by atoms with E-state index in [9.17, 15) is 18.0 Å². The van der Waals surface area contributed by atoms with Crippen molar-refractivity contribution in [3.8, 4) is 0 Å². The van der Waals surface area contributed by atoms with Crippen LogP contribution in [-0.2, 0) is 22.9 Å². The van der Waals surface area contributed by atoms with Crippen LogP contribution in [0, 0.1) is 5.92 Å². The van der Waals surface area contributed by atoms with Gasteiger partial charge in [0.2, 0.25) is 10.0 Å². The minimum absolute atomic E-state index is 0.0772. The first-order valence-corrected chi connectivity index (χ1v) is 11.4. The number of benzene rings is 1. The zero-order valence-electron chi connectivity index (χ0n) is 15.7. The van der Waals surface area contributed by atoms with Crippen molar-refractivity contribution in [2.45, 2.75) is 38.0 Å². The number of sulfonamides is 1. The number of nitrogens with one attached hydrogen (secondary N) is 3. The summed E-state index contributed by atoms with van der Waals surface area (Å²) < 4.78 is 26.2. The number of thiophene rings is 1. The number of aryl methyl sites for hydroxylation is 1. The number of amides is 2. The van der Waals surface area contributed by atoms with Crippen LogP contribution in [0.1, 0.15) is 50.7 Å². The smallest absolute Gasteiger partial charge is 0.267 e. The fourth-order valence-electron chi connectivity index (χ4n) is 3.12. The summed E-state index contributed by atoms with van der Waals surface area (Å²) in [6, 6.07) is 7.40. The van der Waals surface area contributed by atoms with Gasteiger partial charge in [-0.2, -0.15) is 0 Å². The second-order valence-electron chi connectivity index (χ2n) is 6.84. The van der Waals surface area contributed by atoms with Crippen LogP contribution in [0.3, 0.4) is 0 Å². The molecule has 0 unspecified atom stereocenters.